The first-order chi connectivity index (χ1) is 14.3. The quantitative estimate of drug-likeness (QED) is 0.682. The highest BCUT2D eigenvalue weighted by molar-refractivity contribution is 7.91. The summed E-state index contributed by atoms with van der Waals surface area (Å²) in [6.45, 7) is 1.57. The lowest BCUT2D eigenvalue weighted by Gasteiger charge is -2.23. The molecule has 0 spiro atoms. The molecule has 2 aromatic carbocycles. The Balaban J connectivity index is 1.71. The van der Waals surface area contributed by atoms with E-state index in [9.17, 15) is 18.0 Å². The summed E-state index contributed by atoms with van der Waals surface area (Å²) in [6, 6.07) is 10.6. The maximum absolute atomic E-state index is 12.6. The van der Waals surface area contributed by atoms with E-state index in [1.807, 2.05) is 0 Å². The third-order valence-corrected chi connectivity index (χ3v) is 7.34. The van der Waals surface area contributed by atoms with Crippen molar-refractivity contribution in [1.82, 2.24) is 5.32 Å². The van der Waals surface area contributed by atoms with Crippen LogP contribution in [0.3, 0.4) is 0 Å². The fourth-order valence-electron chi connectivity index (χ4n) is 3.47. The highest BCUT2D eigenvalue weighted by Gasteiger charge is 2.19. The molecule has 1 aliphatic rings. The number of rotatable bonds is 6. The fourth-order valence-corrected chi connectivity index (χ4v) is 4.56. The summed E-state index contributed by atoms with van der Waals surface area (Å²) in [5, 5.41) is 6.07. The Hall–Kier alpha value is -2.38. The molecule has 2 aromatic rings. The molecule has 0 saturated heterocycles. The maximum Gasteiger partial charge on any atom is 0.255 e. The summed E-state index contributed by atoms with van der Waals surface area (Å²) >= 11 is 6.21. The Bertz CT molecular complexity index is 1030. The summed E-state index contributed by atoms with van der Waals surface area (Å²) in [7, 11) is -3.32. The van der Waals surface area contributed by atoms with E-state index in [2.05, 4.69) is 10.6 Å². The van der Waals surface area contributed by atoms with Crippen molar-refractivity contribution in [3.8, 4) is 0 Å². The summed E-state index contributed by atoms with van der Waals surface area (Å²) < 4.78 is 23.8. The average Bonchev–Trinajstić information content (AvgIpc) is 2.75. The molecule has 1 aliphatic carbocycles. The largest absolute Gasteiger partial charge is 0.349 e. The molecule has 2 N–H and O–H groups in total. The van der Waals surface area contributed by atoms with Crippen LogP contribution in [0.1, 0.15) is 59.7 Å². The van der Waals surface area contributed by atoms with Crippen LogP contribution in [0.15, 0.2) is 47.4 Å². The number of hydrogen-bond acceptors (Lipinski definition) is 4. The van der Waals surface area contributed by atoms with Gasteiger partial charge >= 0.3 is 0 Å². The Morgan fingerprint density at radius 2 is 1.67 bits per heavy atom. The Kier molecular flexibility index (Phi) is 7.15. The van der Waals surface area contributed by atoms with Gasteiger partial charge in [0.1, 0.15) is 0 Å². The van der Waals surface area contributed by atoms with Gasteiger partial charge in [-0.3, -0.25) is 9.59 Å². The van der Waals surface area contributed by atoms with Gasteiger partial charge < -0.3 is 10.6 Å². The van der Waals surface area contributed by atoms with Crippen molar-refractivity contribution in [2.24, 2.45) is 0 Å². The first-order valence-corrected chi connectivity index (χ1v) is 12.1. The van der Waals surface area contributed by atoms with E-state index >= 15 is 0 Å². The molecule has 6 nitrogen and oxygen atoms in total. The number of hydrogen-bond donors (Lipinski definition) is 2. The van der Waals surface area contributed by atoms with Crippen molar-refractivity contribution in [3.63, 3.8) is 0 Å². The fraction of sp³-hybridized carbons (Fsp3) is 0.364. The van der Waals surface area contributed by atoms with E-state index in [0.717, 1.165) is 25.7 Å². The van der Waals surface area contributed by atoms with Crippen molar-refractivity contribution in [3.05, 3.63) is 58.6 Å². The monoisotopic (exact) mass is 448 g/mol. The number of nitrogens with one attached hydrogen (secondary N) is 2. The topological polar surface area (TPSA) is 92.3 Å². The van der Waals surface area contributed by atoms with Gasteiger partial charge in [0.15, 0.2) is 9.84 Å². The van der Waals surface area contributed by atoms with Gasteiger partial charge in [-0.2, -0.15) is 0 Å². The van der Waals surface area contributed by atoms with E-state index < -0.39 is 15.7 Å². The molecule has 0 aliphatic heterocycles. The van der Waals surface area contributed by atoms with E-state index in [-0.39, 0.29) is 22.6 Å². The smallest absolute Gasteiger partial charge is 0.255 e. The number of halogens is 1. The van der Waals surface area contributed by atoms with Gasteiger partial charge in [-0.25, -0.2) is 8.42 Å². The zero-order chi connectivity index (χ0) is 21.7. The van der Waals surface area contributed by atoms with E-state index in [0.29, 0.717) is 21.8 Å². The molecule has 0 bridgehead atoms. The number of sulfone groups is 1. The van der Waals surface area contributed by atoms with Gasteiger partial charge in [0.2, 0.25) is 0 Å². The molecule has 30 heavy (non-hydrogen) atoms. The van der Waals surface area contributed by atoms with Gasteiger partial charge in [-0.15, -0.1) is 0 Å². The third kappa shape index (κ3) is 5.40. The first kappa shape index (κ1) is 22.3. The Morgan fingerprint density at radius 1 is 1.00 bits per heavy atom. The number of anilines is 1. The average molecular weight is 449 g/mol. The lowest BCUT2D eigenvalue weighted by Crippen LogP contribution is -2.36. The van der Waals surface area contributed by atoms with Crippen LogP contribution in [0, 0.1) is 0 Å². The first-order valence-electron chi connectivity index (χ1n) is 10.0. The van der Waals surface area contributed by atoms with Crippen LogP contribution in [-0.2, 0) is 9.84 Å². The molecule has 2 amide bonds. The zero-order valence-corrected chi connectivity index (χ0v) is 18.4. The Labute approximate surface area is 181 Å². The van der Waals surface area contributed by atoms with Crippen LogP contribution in [0.4, 0.5) is 5.69 Å². The molecule has 0 aromatic heterocycles. The summed E-state index contributed by atoms with van der Waals surface area (Å²) in [4.78, 5) is 25.3. The van der Waals surface area contributed by atoms with Gasteiger partial charge in [-0.1, -0.05) is 37.8 Å². The van der Waals surface area contributed by atoms with Gasteiger partial charge in [0, 0.05) is 17.3 Å². The number of carbonyl (C=O) groups is 2. The van der Waals surface area contributed by atoms with E-state index in [1.165, 1.54) is 30.7 Å². The van der Waals surface area contributed by atoms with Gasteiger partial charge in [-0.05, 0) is 55.3 Å². The molecule has 0 unspecified atom stereocenters. The molecular weight excluding hydrogens is 424 g/mol. The molecule has 0 atom stereocenters. The van der Waals surface area contributed by atoms with Crippen LogP contribution in [0.25, 0.3) is 0 Å². The summed E-state index contributed by atoms with van der Waals surface area (Å²) in [5.41, 5.74) is 1.06. The minimum Gasteiger partial charge on any atom is -0.349 e. The van der Waals surface area contributed by atoms with Crippen molar-refractivity contribution >= 4 is 38.9 Å². The second-order valence-electron chi connectivity index (χ2n) is 7.38. The van der Waals surface area contributed by atoms with Crippen LogP contribution in [-0.4, -0.2) is 32.0 Å². The molecule has 1 saturated carbocycles. The van der Waals surface area contributed by atoms with Gasteiger partial charge in [0.05, 0.1) is 21.2 Å². The van der Waals surface area contributed by atoms with Crippen LogP contribution in [0.2, 0.25) is 5.02 Å². The van der Waals surface area contributed by atoms with Crippen molar-refractivity contribution < 1.29 is 18.0 Å². The summed E-state index contributed by atoms with van der Waals surface area (Å²) in [5.74, 6) is -0.664. The van der Waals surface area contributed by atoms with Crippen LogP contribution < -0.4 is 10.6 Å². The van der Waals surface area contributed by atoms with Crippen molar-refractivity contribution in [2.45, 2.75) is 50.0 Å². The van der Waals surface area contributed by atoms with Crippen LogP contribution >= 0.6 is 11.6 Å². The molecule has 8 heteroatoms. The second-order valence-corrected chi connectivity index (χ2v) is 10.1. The molecular formula is C22H25ClN2O4S. The lowest BCUT2D eigenvalue weighted by molar-refractivity contribution is 0.0926. The molecule has 1 fully saturated rings. The number of amides is 2. The lowest BCUT2D eigenvalue weighted by atomic mass is 9.95. The molecule has 0 heterocycles. The predicted molar refractivity (Wildman–Crippen MR) is 118 cm³/mol. The van der Waals surface area contributed by atoms with Crippen molar-refractivity contribution in [2.75, 3.05) is 11.1 Å². The third-order valence-electron chi connectivity index (χ3n) is 5.26. The summed E-state index contributed by atoms with van der Waals surface area (Å²) in [6.07, 6.45) is 5.33. The maximum atomic E-state index is 12.6. The Morgan fingerprint density at radius 3 is 2.30 bits per heavy atom. The highest BCUT2D eigenvalue weighted by Crippen LogP contribution is 2.23. The highest BCUT2D eigenvalue weighted by atomic mass is 35.5. The van der Waals surface area contributed by atoms with Gasteiger partial charge in [0.25, 0.3) is 11.8 Å². The standard InChI is InChI=1S/C22H25ClN2O4S/c1-2-30(28,29)18-11-8-15(9-12-18)21(26)25-17-10-13-20(23)19(14-17)22(27)24-16-6-4-3-5-7-16/h8-14,16H,2-7H2,1H3,(H,24,27)(H,25,26). The van der Waals surface area contributed by atoms with Crippen molar-refractivity contribution in [1.29, 1.82) is 0 Å². The SMILES string of the molecule is CCS(=O)(=O)c1ccc(C(=O)Nc2ccc(Cl)c(C(=O)NC3CCCCC3)c2)cc1. The molecule has 0 radical (unpaired) electrons. The predicted octanol–water partition coefficient (Wildman–Crippen LogP) is 4.45. The van der Waals surface area contributed by atoms with Crippen LogP contribution in [0.5, 0.6) is 0 Å². The normalized spacial score (nSPS) is 14.9. The second kappa shape index (κ2) is 9.62. The minimum atomic E-state index is -3.32. The zero-order valence-electron chi connectivity index (χ0n) is 16.8. The number of carbonyl (C=O) groups excluding carboxylic acids is 2. The molecule has 160 valence electrons. The minimum absolute atomic E-state index is 0.00494. The molecule has 3 rings (SSSR count). The number of benzene rings is 2. The van der Waals surface area contributed by atoms with E-state index in [4.69, 9.17) is 11.6 Å². The van der Waals surface area contributed by atoms with E-state index in [1.54, 1.807) is 25.1 Å².